The summed E-state index contributed by atoms with van der Waals surface area (Å²) in [5, 5.41) is 7.07. The topological polar surface area (TPSA) is 41.1 Å². The number of amides is 1. The molecule has 21 heavy (non-hydrogen) atoms. The van der Waals surface area contributed by atoms with Gasteiger partial charge in [0, 0.05) is 11.1 Å². The van der Waals surface area contributed by atoms with Gasteiger partial charge in [0.05, 0.1) is 10.6 Å². The maximum atomic E-state index is 12.1. The van der Waals surface area contributed by atoms with E-state index < -0.39 is 0 Å². The molecule has 1 aliphatic rings. The van der Waals surface area contributed by atoms with E-state index in [1.54, 1.807) is 18.2 Å². The van der Waals surface area contributed by atoms with E-state index in [4.69, 9.17) is 35.4 Å². The molecule has 1 aromatic rings. The number of hydrogen-bond acceptors (Lipinski definition) is 2. The molecule has 0 radical (unpaired) electrons. The molecule has 114 valence electrons. The molecule has 0 atom stereocenters. The summed E-state index contributed by atoms with van der Waals surface area (Å²) in [5.74, 6) is -0.317. The molecule has 2 N–H and O–H groups in total. The highest BCUT2D eigenvalue weighted by Gasteiger charge is 2.16. The summed E-state index contributed by atoms with van der Waals surface area (Å²) in [6.45, 7) is 0. The molecule has 0 unspecified atom stereocenters. The number of benzene rings is 1. The van der Waals surface area contributed by atoms with Crippen LogP contribution in [0.4, 0.5) is 0 Å². The van der Waals surface area contributed by atoms with E-state index in [0.29, 0.717) is 26.8 Å². The summed E-state index contributed by atoms with van der Waals surface area (Å²) in [6, 6.07) is 5.11. The number of carbonyl (C=O) groups excluding carboxylic acids is 1. The van der Waals surface area contributed by atoms with E-state index in [9.17, 15) is 4.79 Å². The number of thiocarbonyl (C=S) groups is 1. The summed E-state index contributed by atoms with van der Waals surface area (Å²) < 4.78 is 0. The van der Waals surface area contributed by atoms with Crippen LogP contribution in [0.5, 0.6) is 0 Å². The molecule has 1 fully saturated rings. The number of carbonyl (C=O) groups is 1. The van der Waals surface area contributed by atoms with Gasteiger partial charge in [-0.05, 0) is 43.3 Å². The van der Waals surface area contributed by atoms with Gasteiger partial charge in [0.15, 0.2) is 5.11 Å². The maximum absolute atomic E-state index is 12.1. The lowest BCUT2D eigenvalue weighted by Crippen LogP contribution is -2.44. The van der Waals surface area contributed by atoms with Gasteiger partial charge >= 0.3 is 0 Å². The summed E-state index contributed by atoms with van der Waals surface area (Å²) in [7, 11) is 0. The van der Waals surface area contributed by atoms with Crippen molar-refractivity contribution >= 4 is 46.4 Å². The first-order valence-electron chi connectivity index (χ1n) is 7.13. The Morgan fingerprint density at radius 1 is 1.14 bits per heavy atom. The molecule has 0 saturated heterocycles. The molecule has 1 amide bonds. The molecule has 1 saturated carbocycles. The quantitative estimate of drug-likeness (QED) is 0.620. The smallest absolute Gasteiger partial charge is 0.258 e. The Labute approximate surface area is 140 Å². The van der Waals surface area contributed by atoms with Crippen LogP contribution >= 0.6 is 35.4 Å². The molecule has 1 aromatic carbocycles. The largest absolute Gasteiger partial charge is 0.360 e. The van der Waals surface area contributed by atoms with Gasteiger partial charge in [-0.2, -0.15) is 0 Å². The summed E-state index contributed by atoms with van der Waals surface area (Å²) in [4.78, 5) is 12.1. The predicted octanol–water partition coefficient (Wildman–Crippen LogP) is 4.32. The molecule has 2 rings (SSSR count). The zero-order chi connectivity index (χ0) is 15.2. The second kappa shape index (κ2) is 7.97. The highest BCUT2D eigenvalue weighted by atomic mass is 35.5. The van der Waals surface area contributed by atoms with Crippen molar-refractivity contribution in [2.75, 3.05) is 0 Å². The number of hydrogen-bond donors (Lipinski definition) is 2. The molecule has 3 nitrogen and oxygen atoms in total. The van der Waals surface area contributed by atoms with Crippen LogP contribution in [0.15, 0.2) is 18.2 Å². The summed E-state index contributed by atoms with van der Waals surface area (Å²) in [5.41, 5.74) is 0.367. The SMILES string of the molecule is O=C(NC(=S)NC1CCCCCC1)c1ccc(Cl)cc1Cl. The number of nitrogens with one attached hydrogen (secondary N) is 2. The molecule has 1 aliphatic carbocycles. The molecule has 0 spiro atoms. The first-order chi connectivity index (χ1) is 10.1. The van der Waals surface area contributed by atoms with Crippen molar-refractivity contribution in [3.63, 3.8) is 0 Å². The van der Waals surface area contributed by atoms with E-state index in [-0.39, 0.29) is 5.91 Å². The lowest BCUT2D eigenvalue weighted by atomic mass is 10.1. The average Bonchev–Trinajstić information content (AvgIpc) is 2.66. The highest BCUT2D eigenvalue weighted by molar-refractivity contribution is 7.80. The van der Waals surface area contributed by atoms with Crippen LogP contribution in [0.3, 0.4) is 0 Å². The Morgan fingerprint density at radius 2 is 1.81 bits per heavy atom. The van der Waals surface area contributed by atoms with Gasteiger partial charge in [0.1, 0.15) is 0 Å². The van der Waals surface area contributed by atoms with Crippen LogP contribution in [0.25, 0.3) is 0 Å². The molecule has 0 bridgehead atoms. The fourth-order valence-corrected chi connectivity index (χ4v) is 3.24. The van der Waals surface area contributed by atoms with Gasteiger partial charge in [-0.25, -0.2) is 0 Å². The summed E-state index contributed by atoms with van der Waals surface area (Å²) in [6.07, 6.45) is 7.15. The van der Waals surface area contributed by atoms with Gasteiger partial charge in [-0.1, -0.05) is 48.9 Å². The number of rotatable bonds is 2. The zero-order valence-electron chi connectivity index (χ0n) is 11.6. The second-order valence-corrected chi connectivity index (χ2v) is 6.49. The van der Waals surface area contributed by atoms with Gasteiger partial charge in [-0.3, -0.25) is 10.1 Å². The lowest BCUT2D eigenvalue weighted by Gasteiger charge is -2.18. The third-order valence-corrected chi connectivity index (χ3v) is 4.36. The molecule has 0 aliphatic heterocycles. The molecular formula is C15H18Cl2N2OS. The van der Waals surface area contributed by atoms with Crippen molar-refractivity contribution in [2.24, 2.45) is 0 Å². The second-order valence-electron chi connectivity index (χ2n) is 5.24. The van der Waals surface area contributed by atoms with E-state index in [1.807, 2.05) is 0 Å². The van der Waals surface area contributed by atoms with Crippen LogP contribution in [0, 0.1) is 0 Å². The Bertz CT molecular complexity index is 528. The van der Waals surface area contributed by atoms with Crippen LogP contribution in [0.2, 0.25) is 10.0 Å². The van der Waals surface area contributed by atoms with Gasteiger partial charge in [0.25, 0.3) is 5.91 Å². The first-order valence-corrected chi connectivity index (χ1v) is 8.29. The van der Waals surface area contributed by atoms with Gasteiger partial charge < -0.3 is 5.32 Å². The average molecular weight is 345 g/mol. The fraction of sp³-hybridized carbons (Fsp3) is 0.467. The van der Waals surface area contributed by atoms with Crippen LogP contribution in [-0.2, 0) is 0 Å². The molecular weight excluding hydrogens is 327 g/mol. The van der Waals surface area contributed by atoms with Gasteiger partial charge in [-0.15, -0.1) is 0 Å². The van der Waals surface area contributed by atoms with Crippen molar-refractivity contribution < 1.29 is 4.79 Å². The fourth-order valence-electron chi connectivity index (χ4n) is 2.49. The highest BCUT2D eigenvalue weighted by Crippen LogP contribution is 2.21. The maximum Gasteiger partial charge on any atom is 0.258 e. The number of halogens is 2. The van der Waals surface area contributed by atoms with E-state index >= 15 is 0 Å². The molecule has 6 heteroatoms. The van der Waals surface area contributed by atoms with E-state index in [0.717, 1.165) is 12.8 Å². The Balaban J connectivity index is 1.90. The van der Waals surface area contributed by atoms with E-state index in [1.165, 1.54) is 25.7 Å². The minimum atomic E-state index is -0.317. The molecule has 0 heterocycles. The van der Waals surface area contributed by atoms with Crippen LogP contribution in [-0.4, -0.2) is 17.1 Å². The van der Waals surface area contributed by atoms with Crippen molar-refractivity contribution in [1.82, 2.24) is 10.6 Å². The standard InChI is InChI=1S/C15H18Cl2N2OS/c16-10-7-8-12(13(17)9-10)14(20)19-15(21)18-11-5-3-1-2-4-6-11/h7-9,11H,1-6H2,(H2,18,19,20,21). The minimum Gasteiger partial charge on any atom is -0.360 e. The van der Waals surface area contributed by atoms with E-state index in [2.05, 4.69) is 10.6 Å². The molecule has 0 aromatic heterocycles. The zero-order valence-corrected chi connectivity index (χ0v) is 14.0. The first kappa shape index (κ1) is 16.5. The van der Waals surface area contributed by atoms with Gasteiger partial charge in [0.2, 0.25) is 0 Å². The third kappa shape index (κ3) is 5.13. The third-order valence-electron chi connectivity index (χ3n) is 3.59. The monoisotopic (exact) mass is 344 g/mol. The summed E-state index contributed by atoms with van der Waals surface area (Å²) >= 11 is 17.0. The minimum absolute atomic E-state index is 0.317. The van der Waals surface area contributed by atoms with Crippen molar-refractivity contribution in [2.45, 2.75) is 44.6 Å². The normalized spacial score (nSPS) is 16.1. The van der Waals surface area contributed by atoms with Crippen molar-refractivity contribution in [3.8, 4) is 0 Å². The van der Waals surface area contributed by atoms with Crippen LogP contribution in [0.1, 0.15) is 48.9 Å². The van der Waals surface area contributed by atoms with Crippen molar-refractivity contribution in [1.29, 1.82) is 0 Å². The Hall–Kier alpha value is -0.840. The van der Waals surface area contributed by atoms with Crippen molar-refractivity contribution in [3.05, 3.63) is 33.8 Å². The predicted molar refractivity (Wildman–Crippen MR) is 91.2 cm³/mol. The van der Waals surface area contributed by atoms with Crippen LogP contribution < -0.4 is 10.6 Å². The Morgan fingerprint density at radius 3 is 2.43 bits per heavy atom. The lowest BCUT2D eigenvalue weighted by molar-refractivity contribution is 0.0976. The Kier molecular flexibility index (Phi) is 6.27.